The summed E-state index contributed by atoms with van der Waals surface area (Å²) in [5.41, 5.74) is 8.75. The van der Waals surface area contributed by atoms with Crippen LogP contribution in [-0.4, -0.2) is 16.4 Å². The van der Waals surface area contributed by atoms with Crippen molar-refractivity contribution in [2.75, 3.05) is 12.3 Å². The van der Waals surface area contributed by atoms with E-state index < -0.39 is 0 Å². The molecule has 2 N–H and O–H groups in total. The van der Waals surface area contributed by atoms with E-state index in [9.17, 15) is 0 Å². The molecular weight excluding hydrogens is 262 g/mol. The SMILES string of the molecule is CCOc1ccccc1-c1nn(C2CCCCC2)cc1N. The van der Waals surface area contributed by atoms with E-state index in [1.54, 1.807) is 0 Å². The average molecular weight is 285 g/mol. The fourth-order valence-corrected chi connectivity index (χ4v) is 3.09. The summed E-state index contributed by atoms with van der Waals surface area (Å²) in [6, 6.07) is 8.46. The molecule has 4 heteroatoms. The highest BCUT2D eigenvalue weighted by Gasteiger charge is 2.19. The fourth-order valence-electron chi connectivity index (χ4n) is 3.09. The van der Waals surface area contributed by atoms with Gasteiger partial charge in [-0.1, -0.05) is 31.4 Å². The van der Waals surface area contributed by atoms with E-state index >= 15 is 0 Å². The van der Waals surface area contributed by atoms with Crippen molar-refractivity contribution in [1.29, 1.82) is 0 Å². The molecule has 0 aliphatic heterocycles. The molecule has 0 radical (unpaired) electrons. The zero-order chi connectivity index (χ0) is 14.7. The normalized spacial score (nSPS) is 16.0. The molecule has 1 aromatic carbocycles. The van der Waals surface area contributed by atoms with Crippen molar-refractivity contribution in [2.45, 2.75) is 45.1 Å². The lowest BCUT2D eigenvalue weighted by Gasteiger charge is -2.21. The molecule has 2 aromatic rings. The zero-order valence-electron chi connectivity index (χ0n) is 12.6. The van der Waals surface area contributed by atoms with E-state index in [1.165, 1.54) is 32.1 Å². The summed E-state index contributed by atoms with van der Waals surface area (Å²) in [7, 11) is 0. The first-order valence-corrected chi connectivity index (χ1v) is 7.86. The lowest BCUT2D eigenvalue weighted by atomic mass is 9.96. The molecule has 0 spiro atoms. The Kier molecular flexibility index (Phi) is 4.13. The molecule has 4 nitrogen and oxygen atoms in total. The molecule has 1 aliphatic rings. The number of rotatable bonds is 4. The number of hydrogen-bond donors (Lipinski definition) is 1. The van der Waals surface area contributed by atoms with Crippen LogP contribution in [0.5, 0.6) is 5.75 Å². The predicted molar refractivity (Wildman–Crippen MR) is 85.4 cm³/mol. The van der Waals surface area contributed by atoms with Gasteiger partial charge in [-0.2, -0.15) is 5.10 Å². The molecule has 0 saturated heterocycles. The maximum atomic E-state index is 6.21. The number of ether oxygens (including phenoxy) is 1. The summed E-state index contributed by atoms with van der Waals surface area (Å²) in [4.78, 5) is 0. The molecule has 1 fully saturated rings. The number of hydrogen-bond acceptors (Lipinski definition) is 3. The number of nitrogen functional groups attached to an aromatic ring is 1. The Balaban J connectivity index is 1.94. The minimum absolute atomic E-state index is 0.494. The number of para-hydroxylation sites is 1. The van der Waals surface area contributed by atoms with Crippen LogP contribution >= 0.6 is 0 Å². The minimum atomic E-state index is 0.494. The Morgan fingerprint density at radius 3 is 2.76 bits per heavy atom. The van der Waals surface area contributed by atoms with Crippen molar-refractivity contribution in [2.24, 2.45) is 0 Å². The predicted octanol–water partition coefficient (Wildman–Crippen LogP) is 4.04. The smallest absolute Gasteiger partial charge is 0.128 e. The molecule has 1 saturated carbocycles. The van der Waals surface area contributed by atoms with Crippen molar-refractivity contribution in [3.8, 4) is 17.0 Å². The van der Waals surface area contributed by atoms with Crippen LogP contribution in [-0.2, 0) is 0 Å². The Bertz CT molecular complexity index is 600. The van der Waals surface area contributed by atoms with Gasteiger partial charge >= 0.3 is 0 Å². The Morgan fingerprint density at radius 2 is 2.00 bits per heavy atom. The second-order valence-electron chi connectivity index (χ2n) is 5.63. The zero-order valence-corrected chi connectivity index (χ0v) is 12.6. The summed E-state index contributed by atoms with van der Waals surface area (Å²) >= 11 is 0. The molecular formula is C17H23N3O. The topological polar surface area (TPSA) is 53.1 Å². The quantitative estimate of drug-likeness (QED) is 0.922. The number of aromatic nitrogens is 2. The van der Waals surface area contributed by atoms with E-state index in [4.69, 9.17) is 15.6 Å². The third kappa shape index (κ3) is 2.89. The molecule has 112 valence electrons. The van der Waals surface area contributed by atoms with Crippen LogP contribution in [0.4, 0.5) is 5.69 Å². The van der Waals surface area contributed by atoms with Crippen LogP contribution in [0.2, 0.25) is 0 Å². The summed E-state index contributed by atoms with van der Waals surface area (Å²) in [6.07, 6.45) is 8.30. The first kappa shape index (κ1) is 14.0. The monoisotopic (exact) mass is 285 g/mol. The molecule has 1 aliphatic carbocycles. The van der Waals surface area contributed by atoms with Gasteiger partial charge in [-0.05, 0) is 31.9 Å². The average Bonchev–Trinajstić information content (AvgIpc) is 2.91. The maximum absolute atomic E-state index is 6.21. The van der Waals surface area contributed by atoms with Crippen LogP contribution in [0, 0.1) is 0 Å². The van der Waals surface area contributed by atoms with Crippen LogP contribution in [0.15, 0.2) is 30.5 Å². The van der Waals surface area contributed by atoms with Crippen molar-refractivity contribution in [3.63, 3.8) is 0 Å². The fraction of sp³-hybridized carbons (Fsp3) is 0.471. The molecule has 0 unspecified atom stereocenters. The van der Waals surface area contributed by atoms with Gasteiger partial charge in [0.15, 0.2) is 0 Å². The first-order chi connectivity index (χ1) is 10.3. The molecule has 0 bridgehead atoms. The van der Waals surface area contributed by atoms with Gasteiger partial charge in [-0.25, -0.2) is 0 Å². The van der Waals surface area contributed by atoms with Crippen LogP contribution < -0.4 is 10.5 Å². The van der Waals surface area contributed by atoms with E-state index in [0.29, 0.717) is 12.6 Å². The van der Waals surface area contributed by atoms with Gasteiger partial charge in [-0.15, -0.1) is 0 Å². The van der Waals surface area contributed by atoms with E-state index in [2.05, 4.69) is 4.68 Å². The van der Waals surface area contributed by atoms with Gasteiger partial charge in [-0.3, -0.25) is 4.68 Å². The number of benzene rings is 1. The van der Waals surface area contributed by atoms with E-state index in [0.717, 1.165) is 22.7 Å². The lowest BCUT2D eigenvalue weighted by Crippen LogP contribution is -2.13. The highest BCUT2D eigenvalue weighted by molar-refractivity contribution is 5.76. The number of nitrogens with zero attached hydrogens (tertiary/aromatic N) is 2. The summed E-state index contributed by atoms with van der Waals surface area (Å²) < 4.78 is 7.76. The van der Waals surface area contributed by atoms with E-state index in [-0.39, 0.29) is 0 Å². The van der Waals surface area contributed by atoms with Gasteiger partial charge in [0.05, 0.1) is 18.3 Å². The first-order valence-electron chi connectivity index (χ1n) is 7.86. The Morgan fingerprint density at radius 1 is 1.24 bits per heavy atom. The third-order valence-corrected chi connectivity index (χ3v) is 4.15. The van der Waals surface area contributed by atoms with Gasteiger partial charge in [0.2, 0.25) is 0 Å². The molecule has 1 heterocycles. The Hall–Kier alpha value is -1.97. The largest absolute Gasteiger partial charge is 0.493 e. The highest BCUT2D eigenvalue weighted by Crippen LogP contribution is 2.35. The van der Waals surface area contributed by atoms with Gasteiger partial charge in [0.25, 0.3) is 0 Å². The second kappa shape index (κ2) is 6.20. The van der Waals surface area contributed by atoms with Crippen molar-refractivity contribution >= 4 is 5.69 Å². The lowest BCUT2D eigenvalue weighted by molar-refractivity contribution is 0.329. The van der Waals surface area contributed by atoms with Crippen molar-refractivity contribution < 1.29 is 4.74 Å². The summed E-state index contributed by atoms with van der Waals surface area (Å²) in [5.74, 6) is 0.848. The van der Waals surface area contributed by atoms with Crippen molar-refractivity contribution in [1.82, 2.24) is 9.78 Å². The molecule has 3 rings (SSSR count). The third-order valence-electron chi connectivity index (χ3n) is 4.15. The molecule has 0 atom stereocenters. The summed E-state index contributed by atoms with van der Waals surface area (Å²) in [5, 5.41) is 4.76. The van der Waals surface area contributed by atoms with Gasteiger partial charge in [0.1, 0.15) is 11.4 Å². The summed E-state index contributed by atoms with van der Waals surface area (Å²) in [6.45, 7) is 2.63. The second-order valence-corrected chi connectivity index (χ2v) is 5.63. The van der Waals surface area contributed by atoms with Crippen molar-refractivity contribution in [3.05, 3.63) is 30.5 Å². The van der Waals surface area contributed by atoms with Gasteiger partial charge in [0, 0.05) is 11.8 Å². The minimum Gasteiger partial charge on any atom is -0.493 e. The van der Waals surface area contributed by atoms with Gasteiger partial charge < -0.3 is 10.5 Å². The number of anilines is 1. The Labute approximate surface area is 125 Å². The van der Waals surface area contributed by atoms with E-state index in [1.807, 2.05) is 37.4 Å². The molecule has 21 heavy (non-hydrogen) atoms. The maximum Gasteiger partial charge on any atom is 0.128 e. The number of nitrogens with two attached hydrogens (primary N) is 1. The standard InChI is InChI=1S/C17H23N3O/c1-2-21-16-11-7-6-10-14(16)17-15(18)12-20(19-17)13-8-4-3-5-9-13/h6-7,10-13H,2-5,8-9,18H2,1H3. The molecule has 0 amide bonds. The van der Waals surface area contributed by atoms with Crippen LogP contribution in [0.25, 0.3) is 11.3 Å². The molecule has 1 aromatic heterocycles. The highest BCUT2D eigenvalue weighted by atomic mass is 16.5. The van der Waals surface area contributed by atoms with Crippen LogP contribution in [0.3, 0.4) is 0 Å². The van der Waals surface area contributed by atoms with Crippen LogP contribution in [0.1, 0.15) is 45.1 Å².